The predicted octanol–water partition coefficient (Wildman–Crippen LogP) is 3.21. The number of rotatable bonds is 4. The van der Waals surface area contributed by atoms with Crippen molar-refractivity contribution in [2.24, 2.45) is 0 Å². The number of carbonyl (C=O) groups is 2. The zero-order chi connectivity index (χ0) is 18.5. The van der Waals surface area contributed by atoms with E-state index in [4.69, 9.17) is 4.74 Å². The zero-order valence-electron chi connectivity index (χ0n) is 14.0. The van der Waals surface area contributed by atoms with Crippen LogP contribution in [0, 0.1) is 5.82 Å². The molecular formula is C20H17FN2O3. The van der Waals surface area contributed by atoms with Gasteiger partial charge in [0.1, 0.15) is 11.6 Å². The molecule has 0 bridgehead atoms. The first kappa shape index (κ1) is 17.4. The van der Waals surface area contributed by atoms with Crippen LogP contribution in [0.25, 0.3) is 10.8 Å². The second-order valence-electron chi connectivity index (χ2n) is 5.72. The van der Waals surface area contributed by atoms with Crippen molar-refractivity contribution in [1.82, 2.24) is 10.9 Å². The van der Waals surface area contributed by atoms with Gasteiger partial charge in [0, 0.05) is 5.56 Å². The summed E-state index contributed by atoms with van der Waals surface area (Å²) >= 11 is 0. The first-order chi connectivity index (χ1) is 12.5. The van der Waals surface area contributed by atoms with E-state index in [0.717, 1.165) is 10.8 Å². The molecule has 3 aromatic carbocycles. The maximum atomic E-state index is 12.9. The summed E-state index contributed by atoms with van der Waals surface area (Å²) in [6.45, 7) is 1.58. The van der Waals surface area contributed by atoms with Crippen molar-refractivity contribution in [2.75, 3.05) is 0 Å². The number of amides is 2. The minimum Gasteiger partial charge on any atom is -0.481 e. The summed E-state index contributed by atoms with van der Waals surface area (Å²) in [6, 6.07) is 18.3. The first-order valence-electron chi connectivity index (χ1n) is 8.04. The van der Waals surface area contributed by atoms with Gasteiger partial charge in [0.05, 0.1) is 0 Å². The molecule has 0 radical (unpaired) electrons. The van der Waals surface area contributed by atoms with Gasteiger partial charge in [-0.3, -0.25) is 20.4 Å². The third-order valence-corrected chi connectivity index (χ3v) is 3.81. The molecule has 1 atom stereocenters. The van der Waals surface area contributed by atoms with Gasteiger partial charge >= 0.3 is 0 Å². The van der Waals surface area contributed by atoms with E-state index in [-0.39, 0.29) is 5.56 Å². The van der Waals surface area contributed by atoms with Crippen LogP contribution in [0.1, 0.15) is 17.3 Å². The highest BCUT2D eigenvalue weighted by atomic mass is 19.1. The van der Waals surface area contributed by atoms with Crippen molar-refractivity contribution in [3.8, 4) is 5.75 Å². The van der Waals surface area contributed by atoms with E-state index in [1.54, 1.807) is 13.0 Å². The van der Waals surface area contributed by atoms with Gasteiger partial charge < -0.3 is 4.74 Å². The largest absolute Gasteiger partial charge is 0.481 e. The highest BCUT2D eigenvalue weighted by molar-refractivity contribution is 5.95. The van der Waals surface area contributed by atoms with Gasteiger partial charge in [-0.25, -0.2) is 4.39 Å². The Balaban J connectivity index is 1.56. The fraction of sp³-hybridized carbons (Fsp3) is 0.100. The van der Waals surface area contributed by atoms with E-state index < -0.39 is 23.7 Å². The molecule has 0 aliphatic rings. The Hall–Kier alpha value is -3.41. The first-order valence-corrected chi connectivity index (χ1v) is 8.04. The van der Waals surface area contributed by atoms with Gasteiger partial charge in [0.15, 0.2) is 6.10 Å². The van der Waals surface area contributed by atoms with E-state index in [2.05, 4.69) is 10.9 Å². The van der Waals surface area contributed by atoms with Crippen molar-refractivity contribution in [1.29, 1.82) is 0 Å². The quantitative estimate of drug-likeness (QED) is 0.709. The number of fused-ring (bicyclic) bond motifs is 1. The van der Waals surface area contributed by atoms with Gasteiger partial charge in [-0.2, -0.15) is 0 Å². The molecule has 3 rings (SSSR count). The Morgan fingerprint density at radius 3 is 2.35 bits per heavy atom. The molecule has 0 aromatic heterocycles. The van der Waals surface area contributed by atoms with E-state index in [9.17, 15) is 14.0 Å². The van der Waals surface area contributed by atoms with Crippen molar-refractivity contribution in [2.45, 2.75) is 13.0 Å². The smallest absolute Gasteiger partial charge is 0.279 e. The van der Waals surface area contributed by atoms with Crippen LogP contribution in [-0.4, -0.2) is 17.9 Å². The minimum absolute atomic E-state index is 0.231. The number of hydrazine groups is 1. The maximum Gasteiger partial charge on any atom is 0.279 e. The number of hydrogen-bond acceptors (Lipinski definition) is 3. The summed E-state index contributed by atoms with van der Waals surface area (Å²) in [5.41, 5.74) is 4.80. The number of halogens is 1. The lowest BCUT2D eigenvalue weighted by Gasteiger charge is -2.15. The molecular weight excluding hydrogens is 335 g/mol. The lowest BCUT2D eigenvalue weighted by Crippen LogP contribution is -2.47. The molecule has 2 N–H and O–H groups in total. The molecule has 0 saturated carbocycles. The van der Waals surface area contributed by atoms with Crippen LogP contribution in [0.5, 0.6) is 5.75 Å². The third-order valence-electron chi connectivity index (χ3n) is 3.81. The molecule has 6 heteroatoms. The van der Waals surface area contributed by atoms with Gasteiger partial charge in [0.25, 0.3) is 11.8 Å². The van der Waals surface area contributed by atoms with Crippen LogP contribution in [0.3, 0.4) is 0 Å². The van der Waals surface area contributed by atoms with Gasteiger partial charge in [-0.1, -0.05) is 30.3 Å². The molecule has 0 fully saturated rings. The molecule has 3 aromatic rings. The Kier molecular flexibility index (Phi) is 5.12. The van der Waals surface area contributed by atoms with E-state index in [0.29, 0.717) is 5.75 Å². The SMILES string of the molecule is C[C@H](Oc1ccc2ccccc2c1)C(=O)NNC(=O)c1ccc(F)cc1. The van der Waals surface area contributed by atoms with Crippen molar-refractivity contribution in [3.63, 3.8) is 0 Å². The summed E-state index contributed by atoms with van der Waals surface area (Å²) < 4.78 is 18.5. The average molecular weight is 352 g/mol. The molecule has 132 valence electrons. The van der Waals surface area contributed by atoms with E-state index in [1.165, 1.54) is 24.3 Å². The third kappa shape index (κ3) is 4.16. The molecule has 2 amide bonds. The molecule has 0 unspecified atom stereocenters. The predicted molar refractivity (Wildman–Crippen MR) is 96.0 cm³/mol. The zero-order valence-corrected chi connectivity index (χ0v) is 14.0. The van der Waals surface area contributed by atoms with Crippen LogP contribution >= 0.6 is 0 Å². The van der Waals surface area contributed by atoms with Gasteiger partial charge in [0.2, 0.25) is 0 Å². The number of hydrogen-bond donors (Lipinski definition) is 2. The Morgan fingerprint density at radius 1 is 0.923 bits per heavy atom. The minimum atomic E-state index is -0.815. The van der Waals surface area contributed by atoms with E-state index >= 15 is 0 Å². The van der Waals surface area contributed by atoms with Crippen LogP contribution in [0.4, 0.5) is 4.39 Å². The monoisotopic (exact) mass is 352 g/mol. The fourth-order valence-corrected chi connectivity index (χ4v) is 2.39. The molecule has 0 saturated heterocycles. The summed E-state index contributed by atoms with van der Waals surface area (Å²) in [5, 5.41) is 2.07. The van der Waals surface area contributed by atoms with Gasteiger partial charge in [-0.05, 0) is 54.1 Å². The normalized spacial score (nSPS) is 11.6. The van der Waals surface area contributed by atoms with Crippen LogP contribution < -0.4 is 15.6 Å². The highest BCUT2D eigenvalue weighted by Crippen LogP contribution is 2.21. The number of benzene rings is 3. The lowest BCUT2D eigenvalue weighted by atomic mass is 10.1. The standard InChI is InChI=1S/C20H17FN2O3/c1-13(26-18-11-8-14-4-2-3-5-16(14)12-18)19(24)22-23-20(25)15-6-9-17(21)10-7-15/h2-13H,1H3,(H,22,24)(H,23,25)/t13-/m0/s1. The Labute approximate surface area is 149 Å². The molecule has 0 heterocycles. The van der Waals surface area contributed by atoms with Crippen molar-refractivity contribution >= 4 is 22.6 Å². The summed E-state index contributed by atoms with van der Waals surface area (Å²) in [4.78, 5) is 24.0. The maximum absolute atomic E-state index is 12.9. The Morgan fingerprint density at radius 2 is 1.62 bits per heavy atom. The van der Waals surface area contributed by atoms with Crippen LogP contribution in [0.2, 0.25) is 0 Å². The Bertz CT molecular complexity index is 941. The van der Waals surface area contributed by atoms with Crippen LogP contribution in [0.15, 0.2) is 66.7 Å². The summed E-state index contributed by atoms with van der Waals surface area (Å²) in [7, 11) is 0. The molecule has 26 heavy (non-hydrogen) atoms. The van der Waals surface area contributed by atoms with Gasteiger partial charge in [-0.15, -0.1) is 0 Å². The molecule has 0 aliphatic carbocycles. The molecule has 5 nitrogen and oxygen atoms in total. The van der Waals surface area contributed by atoms with E-state index in [1.807, 2.05) is 36.4 Å². The molecule has 0 aliphatic heterocycles. The lowest BCUT2D eigenvalue weighted by molar-refractivity contribution is -0.128. The number of nitrogens with one attached hydrogen (secondary N) is 2. The molecule has 0 spiro atoms. The van der Waals surface area contributed by atoms with Crippen molar-refractivity contribution in [3.05, 3.63) is 78.1 Å². The average Bonchev–Trinajstić information content (AvgIpc) is 2.66. The summed E-state index contributed by atoms with van der Waals surface area (Å²) in [5.74, 6) is -0.941. The fourth-order valence-electron chi connectivity index (χ4n) is 2.39. The van der Waals surface area contributed by atoms with Crippen LogP contribution in [-0.2, 0) is 4.79 Å². The number of ether oxygens (including phenoxy) is 1. The number of carbonyl (C=O) groups excluding carboxylic acids is 2. The van der Waals surface area contributed by atoms with Crippen molar-refractivity contribution < 1.29 is 18.7 Å². The highest BCUT2D eigenvalue weighted by Gasteiger charge is 2.16. The summed E-state index contributed by atoms with van der Waals surface area (Å²) in [6.07, 6.45) is -0.815. The second kappa shape index (κ2) is 7.65. The topological polar surface area (TPSA) is 67.4 Å². The second-order valence-corrected chi connectivity index (χ2v) is 5.72.